The van der Waals surface area contributed by atoms with Crippen LogP contribution in [-0.4, -0.2) is 5.43 Å². The van der Waals surface area contributed by atoms with Crippen molar-refractivity contribution < 1.29 is 18.0 Å². The Morgan fingerprint density at radius 3 is 1.24 bits per heavy atom. The normalized spacial score (nSPS) is 10.7. The van der Waals surface area contributed by atoms with E-state index in [9.17, 15) is 0 Å². The van der Waals surface area contributed by atoms with Gasteiger partial charge in [0.2, 0.25) is 0 Å². The number of hydrogen-bond donors (Lipinski definition) is 0. The van der Waals surface area contributed by atoms with E-state index in [2.05, 4.69) is 103 Å². The number of benzene rings is 2. The maximum absolute atomic E-state index is 5.62. The van der Waals surface area contributed by atoms with Gasteiger partial charge in [0, 0.05) is 0 Å². The molecule has 4 aromatic rings. The predicted molar refractivity (Wildman–Crippen MR) is 174 cm³/mol. The third kappa shape index (κ3) is 10.4. The summed E-state index contributed by atoms with van der Waals surface area (Å²) in [5.74, 6) is 0. The van der Waals surface area contributed by atoms with Crippen LogP contribution >= 0.6 is 17.0 Å². The van der Waals surface area contributed by atoms with Crippen LogP contribution in [-0.2, 0) is 43.7 Å². The zero-order valence-electron chi connectivity index (χ0n) is 25.0. The van der Waals surface area contributed by atoms with Crippen LogP contribution in [0.15, 0.2) is 48.5 Å². The van der Waals surface area contributed by atoms with Gasteiger partial charge in [-0.3, -0.25) is 0 Å². The molecule has 4 aromatic carbocycles. The SMILES string of the molecule is CCCc1cc(CCC)c2cc(C)[cH-]c2c1.CCCc1cc(CCC)c2cc(C)[cH-]c2c1.C[Si](C)=[Zr]([Cl])[Cl]. The molecule has 0 N–H and O–H groups in total. The van der Waals surface area contributed by atoms with Crippen LogP contribution in [0, 0.1) is 13.8 Å². The Bertz CT molecular complexity index is 1220. The zero-order valence-corrected chi connectivity index (χ0v) is 30.0. The van der Waals surface area contributed by atoms with Crippen LogP contribution in [0.1, 0.15) is 86.8 Å². The van der Waals surface area contributed by atoms with E-state index in [1.807, 2.05) is 0 Å². The summed E-state index contributed by atoms with van der Waals surface area (Å²) in [6.07, 6.45) is 9.75. The molecule has 0 spiro atoms. The summed E-state index contributed by atoms with van der Waals surface area (Å²) in [5, 5.41) is 5.82. The van der Waals surface area contributed by atoms with Gasteiger partial charge < -0.3 is 0 Å². The van der Waals surface area contributed by atoms with Gasteiger partial charge in [-0.15, -0.1) is 56.9 Å². The molecule has 0 atom stereocenters. The van der Waals surface area contributed by atoms with Gasteiger partial charge in [0.25, 0.3) is 0 Å². The standard InChI is InChI=1S/2C16H21.C2H6Si.2ClH.Zr/c2*1-4-6-13-10-14(7-5-2)16-9-12(3)8-15(16)11-13;1-3-2;;;/h2*8-11H,4-7H2,1-3H3;1-2H3;2*1H;/q2*-1;;;;+2/p-2. The minimum atomic E-state index is -1.65. The third-order valence-electron chi connectivity index (χ3n) is 6.72. The second kappa shape index (κ2) is 17.2. The molecule has 0 radical (unpaired) electrons. The third-order valence-corrected chi connectivity index (χ3v) is 26.5. The van der Waals surface area contributed by atoms with Crippen LogP contribution in [0.5, 0.6) is 0 Å². The fraction of sp³-hybridized carbons (Fsp3) is 0.471. The molecule has 0 heterocycles. The first-order valence-corrected chi connectivity index (χ1v) is 27.0. The number of aryl methyl sites for hydroxylation is 6. The number of rotatable bonds is 8. The van der Waals surface area contributed by atoms with E-state index >= 15 is 0 Å². The summed E-state index contributed by atoms with van der Waals surface area (Å²) in [7, 11) is 11.2. The second-order valence-corrected chi connectivity index (χ2v) is 33.8. The summed E-state index contributed by atoms with van der Waals surface area (Å²) in [5.41, 5.74) is 8.64. The molecule has 0 aromatic heterocycles. The van der Waals surface area contributed by atoms with Gasteiger partial charge in [0.05, 0.1) is 0 Å². The van der Waals surface area contributed by atoms with E-state index in [1.165, 1.54) is 106 Å². The molecule has 0 aliphatic heterocycles. The molecule has 0 saturated carbocycles. The van der Waals surface area contributed by atoms with Gasteiger partial charge in [-0.2, -0.15) is 12.1 Å². The average molecular weight is 647 g/mol. The van der Waals surface area contributed by atoms with Crippen molar-refractivity contribution in [1.29, 1.82) is 0 Å². The zero-order chi connectivity index (χ0) is 28.2. The van der Waals surface area contributed by atoms with E-state index in [0.29, 0.717) is 0 Å². The van der Waals surface area contributed by atoms with Gasteiger partial charge in [0.15, 0.2) is 0 Å². The monoisotopic (exact) mass is 644 g/mol. The Labute approximate surface area is 248 Å². The molecule has 0 bridgehead atoms. The van der Waals surface area contributed by atoms with Crippen LogP contribution in [0.3, 0.4) is 0 Å². The Kier molecular flexibility index (Phi) is 15.2. The van der Waals surface area contributed by atoms with Gasteiger partial charge in [0.1, 0.15) is 0 Å². The summed E-state index contributed by atoms with van der Waals surface area (Å²) in [4.78, 5) is 0. The van der Waals surface area contributed by atoms with Gasteiger partial charge in [-0.25, -0.2) is 0 Å². The van der Waals surface area contributed by atoms with Crippen LogP contribution in [0.4, 0.5) is 0 Å². The molecular formula is C34H48Cl2SiZr-2. The molecule has 0 fully saturated rings. The average Bonchev–Trinajstić information content (AvgIpc) is 3.42. The van der Waals surface area contributed by atoms with Crippen molar-refractivity contribution in [2.45, 2.75) is 106 Å². The summed E-state index contributed by atoms with van der Waals surface area (Å²) < 4.78 is 0. The van der Waals surface area contributed by atoms with E-state index in [-0.39, 0.29) is 5.43 Å². The molecule has 0 aliphatic rings. The van der Waals surface area contributed by atoms with Crippen molar-refractivity contribution in [1.82, 2.24) is 0 Å². The fourth-order valence-corrected chi connectivity index (χ4v) is 5.05. The van der Waals surface area contributed by atoms with Gasteiger partial charge in [-0.1, -0.05) is 102 Å². The van der Waals surface area contributed by atoms with Crippen LogP contribution in [0.2, 0.25) is 13.1 Å². The van der Waals surface area contributed by atoms with Gasteiger partial charge >= 0.3 is 53.5 Å². The summed E-state index contributed by atoms with van der Waals surface area (Å²) in [6, 6.07) is 18.8. The molecule has 208 valence electrons. The second-order valence-electron chi connectivity index (χ2n) is 10.8. The van der Waals surface area contributed by atoms with E-state index < -0.39 is 18.0 Å². The van der Waals surface area contributed by atoms with Crippen molar-refractivity contribution in [2.75, 3.05) is 0 Å². The Hall–Kier alpha value is -0.660. The molecule has 0 nitrogen and oxygen atoms in total. The minimum absolute atomic E-state index is 0.224. The molecule has 0 amide bonds. The van der Waals surface area contributed by atoms with Crippen molar-refractivity contribution in [2.24, 2.45) is 0 Å². The van der Waals surface area contributed by atoms with Crippen molar-refractivity contribution in [3.05, 3.63) is 81.9 Å². The quantitative estimate of drug-likeness (QED) is 0.132. The van der Waals surface area contributed by atoms with E-state index in [1.54, 1.807) is 0 Å². The first-order chi connectivity index (χ1) is 18.1. The molecular weight excluding hydrogens is 599 g/mol. The first-order valence-electron chi connectivity index (χ1n) is 14.5. The Morgan fingerprint density at radius 1 is 0.605 bits per heavy atom. The summed E-state index contributed by atoms with van der Waals surface area (Å²) >= 11 is -1.65. The van der Waals surface area contributed by atoms with E-state index in [4.69, 9.17) is 17.0 Å². The Morgan fingerprint density at radius 2 is 0.947 bits per heavy atom. The van der Waals surface area contributed by atoms with Crippen molar-refractivity contribution >= 4 is 44.0 Å². The Balaban J connectivity index is 0.000000221. The molecule has 38 heavy (non-hydrogen) atoms. The van der Waals surface area contributed by atoms with E-state index in [0.717, 1.165) is 0 Å². The number of fused-ring (bicyclic) bond motifs is 2. The molecule has 0 saturated heterocycles. The number of halogens is 2. The van der Waals surface area contributed by atoms with Gasteiger partial charge in [-0.05, 0) is 25.7 Å². The van der Waals surface area contributed by atoms with Crippen molar-refractivity contribution in [3.8, 4) is 0 Å². The van der Waals surface area contributed by atoms with Crippen molar-refractivity contribution in [3.63, 3.8) is 0 Å². The number of hydrogen-bond acceptors (Lipinski definition) is 0. The maximum atomic E-state index is 5.62. The molecule has 4 rings (SSSR count). The van der Waals surface area contributed by atoms with Crippen LogP contribution < -0.4 is 0 Å². The molecule has 0 unspecified atom stereocenters. The molecule has 4 heteroatoms. The first kappa shape index (κ1) is 33.5. The topological polar surface area (TPSA) is 0 Å². The summed E-state index contributed by atoms with van der Waals surface area (Å²) in [6.45, 7) is 17.7. The molecule has 0 aliphatic carbocycles. The van der Waals surface area contributed by atoms with Crippen LogP contribution in [0.25, 0.3) is 21.5 Å². The predicted octanol–water partition coefficient (Wildman–Crippen LogP) is 11.7. The fourth-order valence-electron chi connectivity index (χ4n) is 5.05.